The molecule has 1 rings (SSSR count). The van der Waals surface area contributed by atoms with E-state index in [1.165, 1.54) is 7.11 Å². The smallest absolute Gasteiger partial charge is 0.469 e. The fourth-order valence-electron chi connectivity index (χ4n) is 2.69. The fourth-order valence-corrected chi connectivity index (χ4v) is 4.20. The number of carbonyl (C=O) groups excluding carboxylic acids is 4. The van der Waals surface area contributed by atoms with Crippen molar-refractivity contribution < 1.29 is 51.5 Å². The zero-order valence-corrected chi connectivity index (χ0v) is 22.7. The van der Waals surface area contributed by atoms with Gasteiger partial charge in [0.1, 0.15) is 12.6 Å². The molecule has 0 aromatic carbocycles. The van der Waals surface area contributed by atoms with Gasteiger partial charge in [0.2, 0.25) is 12.7 Å². The Balaban J connectivity index is 2.56. The van der Waals surface area contributed by atoms with Crippen LogP contribution in [0.15, 0.2) is 0 Å². The largest absolute Gasteiger partial charge is 0.478 e. The molecule has 0 aliphatic carbocycles. The zero-order valence-electron chi connectivity index (χ0n) is 21.8. The van der Waals surface area contributed by atoms with Crippen LogP contribution in [0.4, 0.5) is 4.79 Å². The van der Waals surface area contributed by atoms with Crippen LogP contribution < -0.4 is 16.4 Å². The van der Waals surface area contributed by atoms with Crippen LogP contribution in [-0.2, 0) is 46.7 Å². The van der Waals surface area contributed by atoms with Crippen molar-refractivity contribution in [3.05, 3.63) is 0 Å². The third kappa shape index (κ3) is 10.4. The quantitative estimate of drug-likeness (QED) is 0.139. The molecule has 0 radical (unpaired) electrons. The number of phosphoric ester groups is 1. The SMILES string of the molecule is COC(=O)CCNC(=O)[C@@H]1OP(=O)(OCOC(=O)NC(C)(C)COC(=O)[C@@H](N)C(C)C)OCC1(C)C. The number of alkyl carbamates (subject to hydrolysis) is 1. The van der Waals surface area contributed by atoms with Gasteiger partial charge in [0, 0.05) is 12.0 Å². The van der Waals surface area contributed by atoms with Gasteiger partial charge in [-0.1, -0.05) is 27.7 Å². The Hall–Kier alpha value is -2.25. The maximum Gasteiger partial charge on any atom is 0.478 e. The van der Waals surface area contributed by atoms with E-state index in [1.54, 1.807) is 41.5 Å². The predicted octanol–water partition coefficient (Wildman–Crippen LogP) is 1.22. The van der Waals surface area contributed by atoms with Crippen molar-refractivity contribution >= 4 is 31.8 Å². The van der Waals surface area contributed by atoms with Crippen LogP contribution in [0.2, 0.25) is 0 Å². The molecule has 0 aromatic rings. The van der Waals surface area contributed by atoms with Gasteiger partial charge in [-0.05, 0) is 19.8 Å². The van der Waals surface area contributed by atoms with E-state index in [1.807, 2.05) is 0 Å². The van der Waals surface area contributed by atoms with Crippen molar-refractivity contribution in [1.29, 1.82) is 0 Å². The van der Waals surface area contributed by atoms with Crippen molar-refractivity contribution in [1.82, 2.24) is 10.6 Å². The van der Waals surface area contributed by atoms with Crippen LogP contribution in [-0.4, -0.2) is 75.3 Å². The van der Waals surface area contributed by atoms with Crippen LogP contribution >= 0.6 is 7.82 Å². The third-order valence-corrected chi connectivity index (χ3v) is 6.38. The lowest BCUT2D eigenvalue weighted by atomic mass is 9.87. The summed E-state index contributed by atoms with van der Waals surface area (Å²) in [6.07, 6.45) is -2.23. The summed E-state index contributed by atoms with van der Waals surface area (Å²) in [6, 6.07) is -0.794. The van der Waals surface area contributed by atoms with Gasteiger partial charge in [-0.3, -0.25) is 23.4 Å². The molecule has 1 fully saturated rings. The van der Waals surface area contributed by atoms with Gasteiger partial charge < -0.3 is 30.6 Å². The Morgan fingerprint density at radius 2 is 1.83 bits per heavy atom. The highest BCUT2D eigenvalue weighted by molar-refractivity contribution is 7.48. The normalized spacial score (nSPS) is 22.3. The van der Waals surface area contributed by atoms with E-state index in [9.17, 15) is 23.7 Å². The third-order valence-electron chi connectivity index (χ3n) is 5.04. The Kier molecular flexibility index (Phi) is 11.8. The number of phosphoric acid groups is 1. The second kappa shape index (κ2) is 13.3. The highest BCUT2D eigenvalue weighted by atomic mass is 31.2. The summed E-state index contributed by atoms with van der Waals surface area (Å²) in [5, 5.41) is 4.98. The molecule has 1 heterocycles. The number of carbonyl (C=O) groups is 4. The number of rotatable bonds is 12. The second-order valence-electron chi connectivity index (χ2n) is 9.88. The summed E-state index contributed by atoms with van der Waals surface area (Å²) in [7, 11) is -3.03. The van der Waals surface area contributed by atoms with Crippen LogP contribution in [0.3, 0.4) is 0 Å². The Morgan fingerprint density at radius 1 is 1.19 bits per heavy atom. The summed E-state index contributed by atoms with van der Waals surface area (Å²) in [5.41, 5.74) is 3.85. The first kappa shape index (κ1) is 31.8. The molecule has 0 saturated carbocycles. The van der Waals surface area contributed by atoms with Gasteiger partial charge in [-0.2, -0.15) is 0 Å². The minimum atomic E-state index is -4.25. The molecular weight excluding hydrogens is 501 g/mol. The van der Waals surface area contributed by atoms with E-state index in [-0.39, 0.29) is 32.1 Å². The van der Waals surface area contributed by atoms with Crippen molar-refractivity contribution in [2.45, 2.75) is 65.6 Å². The lowest BCUT2D eigenvalue weighted by molar-refractivity contribution is -0.148. The molecule has 0 spiro atoms. The summed E-state index contributed by atoms with van der Waals surface area (Å²) in [4.78, 5) is 47.8. The number of hydrogen-bond acceptors (Lipinski definition) is 12. The zero-order chi connectivity index (χ0) is 27.7. The van der Waals surface area contributed by atoms with E-state index in [0.29, 0.717) is 0 Å². The van der Waals surface area contributed by atoms with E-state index in [4.69, 9.17) is 28.8 Å². The first-order chi connectivity index (χ1) is 16.5. The standard InChI is InChI=1S/C21H38N3O11P/c1-13(2)15(22)18(27)31-11-21(5,6)24-19(28)32-12-34-36(29)33-10-20(3,4)16(35-36)17(26)23-9-8-14(25)30-7/h13,15-16H,8-12,22H2,1-7H3,(H,23,26)(H,24,28)/t15-,16-,36?/m0/s1. The maximum atomic E-state index is 12.8. The number of nitrogens with one attached hydrogen (secondary N) is 2. The van der Waals surface area contributed by atoms with Crippen LogP contribution in [0.1, 0.15) is 48.0 Å². The number of amides is 2. The lowest BCUT2D eigenvalue weighted by Crippen LogP contribution is -2.50. The van der Waals surface area contributed by atoms with Crippen molar-refractivity contribution in [3.63, 3.8) is 0 Å². The molecule has 3 atom stereocenters. The number of hydrogen-bond donors (Lipinski definition) is 3. The van der Waals surface area contributed by atoms with Crippen LogP contribution in [0.25, 0.3) is 0 Å². The van der Waals surface area contributed by atoms with Crippen LogP contribution in [0, 0.1) is 11.3 Å². The molecule has 1 aliphatic rings. The molecule has 4 N–H and O–H groups in total. The average molecular weight is 540 g/mol. The molecule has 1 aliphatic heterocycles. The molecule has 14 nitrogen and oxygen atoms in total. The van der Waals surface area contributed by atoms with Gasteiger partial charge >= 0.3 is 25.9 Å². The number of esters is 2. The molecule has 0 bridgehead atoms. The highest BCUT2D eigenvalue weighted by Gasteiger charge is 2.49. The highest BCUT2D eigenvalue weighted by Crippen LogP contribution is 2.57. The minimum absolute atomic E-state index is 0.00868. The van der Waals surface area contributed by atoms with Crippen molar-refractivity contribution in [3.8, 4) is 0 Å². The number of ether oxygens (including phenoxy) is 3. The molecule has 208 valence electrons. The van der Waals surface area contributed by atoms with E-state index < -0.39 is 61.7 Å². The molecular formula is C21H38N3O11P. The average Bonchev–Trinajstić information content (AvgIpc) is 2.78. The van der Waals surface area contributed by atoms with Gasteiger partial charge in [0.05, 0.1) is 25.7 Å². The molecule has 1 unspecified atom stereocenters. The molecule has 0 aromatic heterocycles. The Bertz CT molecular complexity index is 847. The summed E-state index contributed by atoms with van der Waals surface area (Å²) < 4.78 is 42.9. The summed E-state index contributed by atoms with van der Waals surface area (Å²) >= 11 is 0. The Labute approximate surface area is 210 Å². The van der Waals surface area contributed by atoms with Crippen molar-refractivity contribution in [2.24, 2.45) is 17.1 Å². The monoisotopic (exact) mass is 539 g/mol. The predicted molar refractivity (Wildman–Crippen MR) is 125 cm³/mol. The Morgan fingerprint density at radius 3 is 2.42 bits per heavy atom. The molecule has 36 heavy (non-hydrogen) atoms. The van der Waals surface area contributed by atoms with E-state index in [0.717, 1.165) is 0 Å². The molecule has 1 saturated heterocycles. The van der Waals surface area contributed by atoms with Gasteiger partial charge in [-0.15, -0.1) is 0 Å². The fraction of sp³-hybridized carbons (Fsp3) is 0.810. The van der Waals surface area contributed by atoms with Gasteiger partial charge in [-0.25, -0.2) is 13.9 Å². The number of nitrogens with two attached hydrogens (primary N) is 1. The van der Waals surface area contributed by atoms with E-state index in [2.05, 4.69) is 15.4 Å². The van der Waals surface area contributed by atoms with Gasteiger partial charge in [0.25, 0.3) is 0 Å². The minimum Gasteiger partial charge on any atom is -0.469 e. The van der Waals surface area contributed by atoms with Gasteiger partial charge in [0.15, 0.2) is 6.10 Å². The first-order valence-electron chi connectivity index (χ1n) is 11.3. The number of methoxy groups -OCH3 is 1. The summed E-state index contributed by atoms with van der Waals surface area (Å²) in [6.45, 7) is 8.91. The van der Waals surface area contributed by atoms with Crippen LogP contribution in [0.5, 0.6) is 0 Å². The first-order valence-corrected chi connectivity index (χ1v) is 12.8. The molecule has 2 amide bonds. The second-order valence-corrected chi connectivity index (χ2v) is 11.5. The topological polar surface area (TPSA) is 191 Å². The van der Waals surface area contributed by atoms with Crippen molar-refractivity contribution in [2.75, 3.05) is 33.7 Å². The summed E-state index contributed by atoms with van der Waals surface area (Å²) in [5.74, 6) is -1.85. The van der Waals surface area contributed by atoms with E-state index >= 15 is 0 Å². The lowest BCUT2D eigenvalue weighted by Gasteiger charge is -2.39. The molecule has 15 heteroatoms. The maximum absolute atomic E-state index is 12.8.